The summed E-state index contributed by atoms with van der Waals surface area (Å²) < 4.78 is 5.16. The lowest BCUT2D eigenvalue weighted by atomic mass is 10.0. The minimum Gasteiger partial charge on any atom is -0.497 e. The molecule has 0 radical (unpaired) electrons. The Morgan fingerprint density at radius 2 is 2.64 bits per heavy atom. The van der Waals surface area contributed by atoms with Gasteiger partial charge in [-0.15, -0.1) is 0 Å². The molecular formula is C8H12O3. The minimum absolute atomic E-state index is 0.220. The molecule has 0 aromatic carbocycles. The van der Waals surface area contributed by atoms with Crippen LogP contribution in [0.1, 0.15) is 26.2 Å². The monoisotopic (exact) mass is 156 g/mol. The Morgan fingerprint density at radius 3 is 3.00 bits per heavy atom. The quantitative estimate of drug-likeness (QED) is 0.659. The van der Waals surface area contributed by atoms with E-state index in [9.17, 15) is 4.79 Å². The molecule has 1 atom stereocenters. The van der Waals surface area contributed by atoms with E-state index in [2.05, 4.69) is 0 Å². The van der Waals surface area contributed by atoms with Crippen molar-refractivity contribution in [2.45, 2.75) is 32.3 Å². The van der Waals surface area contributed by atoms with Gasteiger partial charge in [-0.2, -0.15) is 0 Å². The molecule has 0 spiro atoms. The van der Waals surface area contributed by atoms with Crippen LogP contribution < -0.4 is 0 Å². The normalized spacial score (nSPS) is 23.7. The van der Waals surface area contributed by atoms with Crippen molar-refractivity contribution in [3.8, 4) is 0 Å². The molecule has 3 nitrogen and oxygen atoms in total. The number of rotatable bonds is 2. The average molecular weight is 156 g/mol. The SMILES string of the molecule is CCC1CCC(C(=O)O)=CO1. The summed E-state index contributed by atoms with van der Waals surface area (Å²) in [6, 6.07) is 0. The van der Waals surface area contributed by atoms with E-state index in [1.807, 2.05) is 6.92 Å². The van der Waals surface area contributed by atoms with E-state index < -0.39 is 5.97 Å². The predicted octanol–water partition coefficient (Wildman–Crippen LogP) is 1.54. The molecule has 0 aliphatic carbocycles. The first kappa shape index (κ1) is 8.11. The van der Waals surface area contributed by atoms with E-state index in [1.165, 1.54) is 6.26 Å². The lowest BCUT2D eigenvalue weighted by Gasteiger charge is -2.19. The Bertz CT molecular complexity index is 184. The van der Waals surface area contributed by atoms with Crippen molar-refractivity contribution < 1.29 is 14.6 Å². The van der Waals surface area contributed by atoms with Crippen LogP contribution in [0.15, 0.2) is 11.8 Å². The van der Waals surface area contributed by atoms with Gasteiger partial charge in [-0.25, -0.2) is 4.79 Å². The van der Waals surface area contributed by atoms with Crippen molar-refractivity contribution in [1.82, 2.24) is 0 Å². The number of ether oxygens (including phenoxy) is 1. The Morgan fingerprint density at radius 1 is 1.91 bits per heavy atom. The molecule has 0 fully saturated rings. The maximum atomic E-state index is 10.4. The third kappa shape index (κ3) is 1.97. The van der Waals surface area contributed by atoms with Crippen molar-refractivity contribution >= 4 is 5.97 Å². The van der Waals surface area contributed by atoms with Gasteiger partial charge in [0.05, 0.1) is 17.9 Å². The maximum Gasteiger partial charge on any atom is 0.334 e. The fourth-order valence-electron chi connectivity index (χ4n) is 1.08. The highest BCUT2D eigenvalue weighted by Gasteiger charge is 2.17. The third-order valence-electron chi connectivity index (χ3n) is 1.87. The number of carboxylic acid groups (broad SMARTS) is 1. The van der Waals surface area contributed by atoms with E-state index in [-0.39, 0.29) is 6.10 Å². The van der Waals surface area contributed by atoms with Gasteiger partial charge in [-0.3, -0.25) is 0 Å². The van der Waals surface area contributed by atoms with Gasteiger partial charge in [0.2, 0.25) is 0 Å². The summed E-state index contributed by atoms with van der Waals surface area (Å²) in [5.74, 6) is -0.862. The molecular weight excluding hydrogens is 144 g/mol. The Balaban J connectivity index is 2.50. The van der Waals surface area contributed by atoms with Crippen LogP contribution in [0.4, 0.5) is 0 Å². The van der Waals surface area contributed by atoms with Crippen molar-refractivity contribution in [1.29, 1.82) is 0 Å². The van der Waals surface area contributed by atoms with E-state index in [0.717, 1.165) is 12.8 Å². The van der Waals surface area contributed by atoms with Crippen LogP contribution in [-0.2, 0) is 9.53 Å². The Labute approximate surface area is 65.7 Å². The van der Waals surface area contributed by atoms with Gasteiger partial charge in [0, 0.05) is 0 Å². The van der Waals surface area contributed by atoms with Gasteiger partial charge in [0.1, 0.15) is 0 Å². The highest BCUT2D eigenvalue weighted by Crippen LogP contribution is 2.19. The smallest absolute Gasteiger partial charge is 0.334 e. The van der Waals surface area contributed by atoms with Crippen LogP contribution in [0.25, 0.3) is 0 Å². The van der Waals surface area contributed by atoms with Crippen molar-refractivity contribution in [3.05, 3.63) is 11.8 Å². The van der Waals surface area contributed by atoms with E-state index >= 15 is 0 Å². The van der Waals surface area contributed by atoms with E-state index in [1.54, 1.807) is 0 Å². The molecule has 1 aliphatic heterocycles. The van der Waals surface area contributed by atoms with Crippen LogP contribution in [0.3, 0.4) is 0 Å². The summed E-state index contributed by atoms with van der Waals surface area (Å²) >= 11 is 0. The van der Waals surface area contributed by atoms with Crippen LogP contribution in [0, 0.1) is 0 Å². The lowest BCUT2D eigenvalue weighted by molar-refractivity contribution is -0.133. The van der Waals surface area contributed by atoms with Crippen molar-refractivity contribution in [2.24, 2.45) is 0 Å². The summed E-state index contributed by atoms with van der Waals surface area (Å²) in [7, 11) is 0. The summed E-state index contributed by atoms with van der Waals surface area (Å²) in [6.45, 7) is 2.03. The summed E-state index contributed by atoms with van der Waals surface area (Å²) in [5, 5.41) is 8.55. The molecule has 62 valence electrons. The zero-order valence-electron chi connectivity index (χ0n) is 6.54. The Kier molecular flexibility index (Phi) is 2.52. The molecule has 0 saturated carbocycles. The van der Waals surface area contributed by atoms with Gasteiger partial charge < -0.3 is 9.84 Å². The minimum atomic E-state index is -0.862. The largest absolute Gasteiger partial charge is 0.497 e. The topological polar surface area (TPSA) is 46.5 Å². The molecule has 1 rings (SSSR count). The van der Waals surface area contributed by atoms with Crippen LogP contribution >= 0.6 is 0 Å². The number of carbonyl (C=O) groups is 1. The molecule has 1 N–H and O–H groups in total. The van der Waals surface area contributed by atoms with Crippen LogP contribution in [0.2, 0.25) is 0 Å². The second-order valence-electron chi connectivity index (χ2n) is 2.65. The first-order chi connectivity index (χ1) is 5.24. The first-order valence-corrected chi connectivity index (χ1v) is 3.81. The first-order valence-electron chi connectivity index (χ1n) is 3.81. The molecule has 0 aromatic heterocycles. The highest BCUT2D eigenvalue weighted by molar-refractivity contribution is 5.86. The predicted molar refractivity (Wildman–Crippen MR) is 40.1 cm³/mol. The summed E-state index contributed by atoms with van der Waals surface area (Å²) in [6.07, 6.45) is 4.00. The Hall–Kier alpha value is -0.990. The summed E-state index contributed by atoms with van der Waals surface area (Å²) in [4.78, 5) is 10.4. The number of hydrogen-bond donors (Lipinski definition) is 1. The fourth-order valence-corrected chi connectivity index (χ4v) is 1.08. The fraction of sp³-hybridized carbons (Fsp3) is 0.625. The van der Waals surface area contributed by atoms with E-state index in [4.69, 9.17) is 9.84 Å². The lowest BCUT2D eigenvalue weighted by Crippen LogP contribution is -2.16. The molecule has 0 amide bonds. The number of carboxylic acids is 1. The zero-order valence-corrected chi connectivity index (χ0v) is 6.54. The molecule has 3 heteroatoms. The molecule has 0 saturated heterocycles. The number of aliphatic carboxylic acids is 1. The van der Waals surface area contributed by atoms with Gasteiger partial charge in [0.15, 0.2) is 0 Å². The zero-order chi connectivity index (χ0) is 8.27. The molecule has 1 unspecified atom stereocenters. The average Bonchev–Trinajstić information content (AvgIpc) is 2.05. The molecule has 11 heavy (non-hydrogen) atoms. The van der Waals surface area contributed by atoms with Gasteiger partial charge in [0.25, 0.3) is 0 Å². The molecule has 0 bridgehead atoms. The standard InChI is InChI=1S/C8H12O3/c1-2-7-4-3-6(5-11-7)8(9)10/h5,7H,2-4H2,1H3,(H,9,10). The summed E-state index contributed by atoms with van der Waals surface area (Å²) in [5.41, 5.74) is 0.384. The van der Waals surface area contributed by atoms with Crippen LogP contribution in [-0.4, -0.2) is 17.2 Å². The molecule has 1 heterocycles. The molecule has 1 aliphatic rings. The maximum absolute atomic E-state index is 10.4. The number of hydrogen-bond acceptors (Lipinski definition) is 2. The third-order valence-corrected chi connectivity index (χ3v) is 1.87. The second kappa shape index (κ2) is 3.42. The second-order valence-corrected chi connectivity index (χ2v) is 2.65. The molecule has 0 aromatic rings. The van der Waals surface area contributed by atoms with Gasteiger partial charge in [-0.1, -0.05) is 6.92 Å². The van der Waals surface area contributed by atoms with Gasteiger partial charge >= 0.3 is 5.97 Å². The van der Waals surface area contributed by atoms with E-state index in [0.29, 0.717) is 12.0 Å². The van der Waals surface area contributed by atoms with Crippen molar-refractivity contribution in [2.75, 3.05) is 0 Å². The van der Waals surface area contributed by atoms with Gasteiger partial charge in [-0.05, 0) is 19.3 Å². The highest BCUT2D eigenvalue weighted by atomic mass is 16.5. The van der Waals surface area contributed by atoms with Crippen LogP contribution in [0.5, 0.6) is 0 Å². The van der Waals surface area contributed by atoms with Crippen molar-refractivity contribution in [3.63, 3.8) is 0 Å².